The Kier molecular flexibility index (Phi) is 4.36. The summed E-state index contributed by atoms with van der Waals surface area (Å²) in [4.78, 5) is 0. The van der Waals surface area contributed by atoms with Crippen LogP contribution in [-0.4, -0.2) is 14.4 Å². The molecule has 0 radical (unpaired) electrons. The molecule has 0 aliphatic rings. The van der Waals surface area contributed by atoms with Crippen molar-refractivity contribution < 1.29 is 4.74 Å². The van der Waals surface area contributed by atoms with E-state index in [2.05, 4.69) is 57.8 Å². The minimum Gasteiger partial charge on any atom is -0.488 e. The fourth-order valence-electron chi connectivity index (χ4n) is 1.30. The lowest BCUT2D eigenvalue weighted by molar-refractivity contribution is 0.131. The summed E-state index contributed by atoms with van der Waals surface area (Å²) in [6, 6.07) is 8.28. The highest BCUT2D eigenvalue weighted by Crippen LogP contribution is 2.18. The number of rotatable bonds is 3. The summed E-state index contributed by atoms with van der Waals surface area (Å²) in [7, 11) is -0.599. The number of ether oxygens (including phenoxy) is 1. The van der Waals surface area contributed by atoms with Crippen LogP contribution < -0.4 is 4.74 Å². The van der Waals surface area contributed by atoms with Gasteiger partial charge in [-0.2, -0.15) is 0 Å². The van der Waals surface area contributed by atoms with Crippen LogP contribution in [-0.2, 0) is 0 Å². The zero-order valence-corrected chi connectivity index (χ0v) is 12.1. The third-order valence-corrected chi connectivity index (χ3v) is 2.94. The molecular formula is C14H22OSi. The van der Waals surface area contributed by atoms with Gasteiger partial charge in [-0.3, -0.25) is 0 Å². The van der Waals surface area contributed by atoms with Crippen molar-refractivity contribution in [2.75, 3.05) is 0 Å². The van der Waals surface area contributed by atoms with Crippen molar-refractivity contribution in [1.82, 2.24) is 0 Å². The highest BCUT2D eigenvalue weighted by Gasteiger charge is 2.10. The van der Waals surface area contributed by atoms with Crippen LogP contribution >= 0.6 is 0 Å². The van der Waals surface area contributed by atoms with E-state index in [-0.39, 0.29) is 5.60 Å². The fourth-order valence-corrected chi connectivity index (χ4v) is 1.91. The number of hydrogen-bond donors (Lipinski definition) is 0. The molecule has 0 amide bonds. The smallest absolute Gasteiger partial charge is 0.120 e. The van der Waals surface area contributed by atoms with Gasteiger partial charge in [-0.1, -0.05) is 37.0 Å². The molecule has 88 valence electrons. The third kappa shape index (κ3) is 5.17. The normalized spacial score (nSPS) is 12.4. The van der Waals surface area contributed by atoms with Crippen molar-refractivity contribution in [2.24, 2.45) is 0 Å². The Bertz CT molecular complexity index is 344. The predicted molar refractivity (Wildman–Crippen MR) is 74.7 cm³/mol. The third-order valence-electron chi connectivity index (χ3n) is 1.98. The second kappa shape index (κ2) is 5.35. The van der Waals surface area contributed by atoms with Crippen molar-refractivity contribution in [3.63, 3.8) is 0 Å². The molecule has 0 unspecified atom stereocenters. The maximum absolute atomic E-state index is 5.77. The molecule has 1 aromatic rings. The lowest BCUT2D eigenvalue weighted by Gasteiger charge is -2.21. The Morgan fingerprint density at radius 3 is 2.06 bits per heavy atom. The molecule has 1 rings (SSSR count). The Morgan fingerprint density at radius 2 is 1.62 bits per heavy atom. The molecule has 0 aromatic heterocycles. The molecule has 1 aromatic carbocycles. The van der Waals surface area contributed by atoms with Crippen molar-refractivity contribution in [2.45, 2.75) is 39.5 Å². The van der Waals surface area contributed by atoms with Crippen LogP contribution in [0.2, 0.25) is 13.1 Å². The first-order valence-electron chi connectivity index (χ1n) is 5.84. The van der Waals surface area contributed by atoms with Crippen LogP contribution in [0.4, 0.5) is 0 Å². The van der Waals surface area contributed by atoms with Gasteiger partial charge in [0.05, 0.1) is 8.80 Å². The minimum atomic E-state index is -0.599. The lowest BCUT2D eigenvalue weighted by Crippen LogP contribution is -2.22. The molecule has 16 heavy (non-hydrogen) atoms. The highest BCUT2D eigenvalue weighted by atomic mass is 28.3. The molecule has 0 heterocycles. The van der Waals surface area contributed by atoms with Crippen LogP contribution in [0.1, 0.15) is 26.3 Å². The summed E-state index contributed by atoms with van der Waals surface area (Å²) in [5.41, 5.74) is 3.46. The first-order valence-corrected chi connectivity index (χ1v) is 8.82. The molecule has 0 N–H and O–H groups in total. The van der Waals surface area contributed by atoms with Gasteiger partial charge in [-0.25, -0.2) is 0 Å². The molecule has 0 fully saturated rings. The zero-order valence-electron chi connectivity index (χ0n) is 10.9. The van der Waals surface area contributed by atoms with Gasteiger partial charge in [0.15, 0.2) is 0 Å². The molecular weight excluding hydrogens is 212 g/mol. The summed E-state index contributed by atoms with van der Waals surface area (Å²) < 4.78 is 5.77. The molecule has 0 aliphatic carbocycles. The van der Waals surface area contributed by atoms with Crippen molar-refractivity contribution in [3.8, 4) is 5.75 Å². The van der Waals surface area contributed by atoms with Gasteiger partial charge in [-0.05, 0) is 38.5 Å². The minimum absolute atomic E-state index is 0.123. The largest absolute Gasteiger partial charge is 0.488 e. The quantitative estimate of drug-likeness (QED) is 0.721. The Hall–Kier alpha value is -1.02. The summed E-state index contributed by atoms with van der Waals surface area (Å²) in [5, 5.41) is 0. The van der Waals surface area contributed by atoms with E-state index >= 15 is 0 Å². The van der Waals surface area contributed by atoms with E-state index in [9.17, 15) is 0 Å². The van der Waals surface area contributed by atoms with Gasteiger partial charge in [0.1, 0.15) is 11.4 Å². The Morgan fingerprint density at radius 1 is 1.06 bits per heavy atom. The first-order chi connectivity index (χ1) is 7.37. The molecule has 0 saturated carbocycles. The zero-order chi connectivity index (χ0) is 12.2. The van der Waals surface area contributed by atoms with E-state index in [0.29, 0.717) is 0 Å². The maximum atomic E-state index is 5.77. The summed E-state index contributed by atoms with van der Waals surface area (Å²) in [6.45, 7) is 10.8. The number of benzene rings is 1. The van der Waals surface area contributed by atoms with Crippen LogP contribution in [0.5, 0.6) is 5.75 Å². The van der Waals surface area contributed by atoms with E-state index in [1.165, 1.54) is 5.56 Å². The van der Waals surface area contributed by atoms with E-state index in [4.69, 9.17) is 4.74 Å². The second-order valence-electron chi connectivity index (χ2n) is 5.39. The summed E-state index contributed by atoms with van der Waals surface area (Å²) in [6.07, 6.45) is 2.21. The second-order valence-corrected chi connectivity index (χ2v) is 8.26. The average molecular weight is 234 g/mol. The molecule has 0 atom stereocenters. The topological polar surface area (TPSA) is 9.23 Å². The molecule has 0 saturated heterocycles. The molecule has 0 aliphatic heterocycles. The highest BCUT2D eigenvalue weighted by molar-refractivity contribution is 6.62. The van der Waals surface area contributed by atoms with E-state index < -0.39 is 8.80 Å². The van der Waals surface area contributed by atoms with Crippen molar-refractivity contribution in [3.05, 3.63) is 35.5 Å². The molecule has 0 spiro atoms. The number of hydrogen-bond acceptors (Lipinski definition) is 1. The lowest BCUT2D eigenvalue weighted by atomic mass is 10.2. The Balaban J connectivity index is 2.68. The predicted octanol–water partition coefficient (Wildman–Crippen LogP) is 3.90. The van der Waals surface area contributed by atoms with Gasteiger partial charge in [0, 0.05) is 0 Å². The van der Waals surface area contributed by atoms with Crippen LogP contribution in [0, 0.1) is 0 Å². The average Bonchev–Trinajstić information content (AvgIpc) is 2.14. The van der Waals surface area contributed by atoms with E-state index in [0.717, 1.165) is 5.75 Å². The van der Waals surface area contributed by atoms with Gasteiger partial charge in [-0.15, -0.1) is 0 Å². The SMILES string of the molecule is C[SiH](C)C=Cc1ccc(OC(C)(C)C)cc1. The summed E-state index contributed by atoms with van der Waals surface area (Å²) in [5.74, 6) is 0.937. The van der Waals surface area contributed by atoms with E-state index in [1.807, 2.05) is 12.1 Å². The van der Waals surface area contributed by atoms with Crippen molar-refractivity contribution in [1.29, 1.82) is 0 Å². The standard InChI is InChI=1S/C14H22OSi/c1-14(2,3)15-13-8-6-12(7-9-13)10-11-16(4)5/h6-11,16H,1-5H3. The molecule has 2 heteroatoms. The Labute approximate surface area is 101 Å². The van der Waals surface area contributed by atoms with Crippen LogP contribution in [0.25, 0.3) is 6.08 Å². The molecule has 1 nitrogen and oxygen atoms in total. The van der Waals surface area contributed by atoms with E-state index in [1.54, 1.807) is 0 Å². The van der Waals surface area contributed by atoms with Gasteiger partial charge >= 0.3 is 0 Å². The van der Waals surface area contributed by atoms with Crippen LogP contribution in [0.15, 0.2) is 30.0 Å². The fraction of sp³-hybridized carbons (Fsp3) is 0.429. The van der Waals surface area contributed by atoms with Gasteiger partial charge < -0.3 is 4.74 Å². The van der Waals surface area contributed by atoms with Gasteiger partial charge in [0.2, 0.25) is 0 Å². The molecule has 0 bridgehead atoms. The monoisotopic (exact) mass is 234 g/mol. The maximum Gasteiger partial charge on any atom is 0.120 e. The van der Waals surface area contributed by atoms with Crippen molar-refractivity contribution >= 4 is 14.9 Å². The van der Waals surface area contributed by atoms with Crippen LogP contribution in [0.3, 0.4) is 0 Å². The first kappa shape index (κ1) is 13.0. The summed E-state index contributed by atoms with van der Waals surface area (Å²) >= 11 is 0. The van der Waals surface area contributed by atoms with Gasteiger partial charge in [0.25, 0.3) is 0 Å².